The Balaban J connectivity index is 2.89. The molecule has 0 N–H and O–H groups in total. The summed E-state index contributed by atoms with van der Waals surface area (Å²) in [6.07, 6.45) is 0. The number of rotatable bonds is 3. The van der Waals surface area contributed by atoms with Crippen LogP contribution in [0.15, 0.2) is 24.3 Å². The van der Waals surface area contributed by atoms with Crippen LogP contribution in [0.1, 0.15) is 18.5 Å². The Morgan fingerprint density at radius 1 is 1.53 bits per heavy atom. The fraction of sp³-hybridized carbons (Fsp3) is 0.364. The van der Waals surface area contributed by atoms with Gasteiger partial charge in [-0.2, -0.15) is 0 Å². The van der Waals surface area contributed by atoms with E-state index in [0.717, 1.165) is 5.56 Å². The maximum Gasteiger partial charge on any atom is 0.233 e. The minimum atomic E-state index is -0.0104. The van der Waals surface area contributed by atoms with Gasteiger partial charge in [0.2, 0.25) is 5.91 Å². The van der Waals surface area contributed by atoms with E-state index in [1.54, 1.807) is 11.9 Å². The third-order valence-corrected chi connectivity index (χ3v) is 3.27. The highest BCUT2D eigenvalue weighted by atomic mass is 79.9. The van der Waals surface area contributed by atoms with Crippen molar-refractivity contribution in [2.45, 2.75) is 13.0 Å². The molecule has 2 nitrogen and oxygen atoms in total. The fourth-order valence-corrected chi connectivity index (χ4v) is 2.02. The van der Waals surface area contributed by atoms with Crippen LogP contribution in [0.3, 0.4) is 0 Å². The summed E-state index contributed by atoms with van der Waals surface area (Å²) < 4.78 is 0. The number of nitrogens with zero attached hydrogens (tertiary/aromatic N) is 1. The Labute approximate surface area is 103 Å². The Bertz CT molecular complexity index is 356. The minimum Gasteiger partial charge on any atom is -0.338 e. The predicted molar refractivity (Wildman–Crippen MR) is 66.4 cm³/mol. The van der Waals surface area contributed by atoms with Crippen molar-refractivity contribution in [1.29, 1.82) is 0 Å². The molecule has 15 heavy (non-hydrogen) atoms. The Kier molecular flexibility index (Phi) is 4.61. The summed E-state index contributed by atoms with van der Waals surface area (Å²) in [5, 5.41) is 1.03. The molecule has 0 aromatic heterocycles. The van der Waals surface area contributed by atoms with E-state index < -0.39 is 0 Å². The van der Waals surface area contributed by atoms with Crippen molar-refractivity contribution in [2.75, 3.05) is 12.4 Å². The molecule has 0 aliphatic carbocycles. The molecule has 1 aromatic rings. The van der Waals surface area contributed by atoms with Crippen molar-refractivity contribution in [1.82, 2.24) is 4.90 Å². The normalized spacial score (nSPS) is 12.3. The molecule has 0 aliphatic rings. The van der Waals surface area contributed by atoms with Crippen molar-refractivity contribution in [3.8, 4) is 0 Å². The van der Waals surface area contributed by atoms with Crippen molar-refractivity contribution in [3.63, 3.8) is 0 Å². The summed E-state index contributed by atoms with van der Waals surface area (Å²) in [6.45, 7) is 1.96. The molecule has 1 rings (SSSR count). The van der Waals surface area contributed by atoms with Crippen LogP contribution in [-0.2, 0) is 4.79 Å². The number of carbonyl (C=O) groups is 1. The van der Waals surface area contributed by atoms with Gasteiger partial charge in [-0.15, -0.1) is 0 Å². The fourth-order valence-electron chi connectivity index (χ4n) is 1.33. The molecular formula is C11H13BrClNO. The molecule has 0 aliphatic heterocycles. The van der Waals surface area contributed by atoms with E-state index in [1.807, 2.05) is 31.2 Å². The molecule has 0 fully saturated rings. The molecule has 1 unspecified atom stereocenters. The van der Waals surface area contributed by atoms with Gasteiger partial charge in [-0.25, -0.2) is 0 Å². The van der Waals surface area contributed by atoms with Gasteiger partial charge in [0.05, 0.1) is 11.4 Å². The molecule has 0 saturated carbocycles. The van der Waals surface area contributed by atoms with E-state index in [9.17, 15) is 4.79 Å². The summed E-state index contributed by atoms with van der Waals surface area (Å²) in [5.41, 5.74) is 0.968. The first-order chi connectivity index (χ1) is 7.07. The van der Waals surface area contributed by atoms with Crippen LogP contribution < -0.4 is 0 Å². The first kappa shape index (κ1) is 12.5. The van der Waals surface area contributed by atoms with Crippen LogP contribution in [0, 0.1) is 0 Å². The van der Waals surface area contributed by atoms with Gasteiger partial charge in [0.25, 0.3) is 0 Å². The first-order valence-electron chi connectivity index (χ1n) is 4.64. The lowest BCUT2D eigenvalue weighted by Crippen LogP contribution is -2.30. The predicted octanol–water partition coefficient (Wildman–Crippen LogP) is 3.25. The van der Waals surface area contributed by atoms with E-state index >= 15 is 0 Å². The van der Waals surface area contributed by atoms with Crippen LogP contribution in [0.2, 0.25) is 5.02 Å². The van der Waals surface area contributed by atoms with Crippen LogP contribution in [-0.4, -0.2) is 23.2 Å². The summed E-state index contributed by atoms with van der Waals surface area (Å²) in [5.74, 6) is 0.0439. The number of halogens is 2. The van der Waals surface area contributed by atoms with Gasteiger partial charge in [0, 0.05) is 12.1 Å². The number of hydrogen-bond acceptors (Lipinski definition) is 1. The molecule has 0 saturated heterocycles. The highest BCUT2D eigenvalue weighted by molar-refractivity contribution is 9.09. The zero-order valence-electron chi connectivity index (χ0n) is 8.71. The van der Waals surface area contributed by atoms with Crippen LogP contribution in [0.5, 0.6) is 0 Å². The molecule has 82 valence electrons. The Hall–Kier alpha value is -0.540. The van der Waals surface area contributed by atoms with E-state index in [2.05, 4.69) is 15.9 Å². The number of alkyl halides is 1. The van der Waals surface area contributed by atoms with Gasteiger partial charge in [0.1, 0.15) is 0 Å². The van der Waals surface area contributed by atoms with Gasteiger partial charge in [-0.3, -0.25) is 4.79 Å². The summed E-state index contributed by atoms with van der Waals surface area (Å²) >= 11 is 9.21. The molecular weight excluding hydrogens is 277 g/mol. The van der Waals surface area contributed by atoms with Gasteiger partial charge in [0.15, 0.2) is 0 Å². The van der Waals surface area contributed by atoms with E-state index in [0.29, 0.717) is 10.4 Å². The van der Waals surface area contributed by atoms with Gasteiger partial charge >= 0.3 is 0 Å². The second-order valence-corrected chi connectivity index (χ2v) is 4.30. The zero-order valence-corrected chi connectivity index (χ0v) is 11.0. The van der Waals surface area contributed by atoms with Crippen molar-refractivity contribution >= 4 is 33.4 Å². The molecule has 1 aromatic carbocycles. The smallest absolute Gasteiger partial charge is 0.233 e. The van der Waals surface area contributed by atoms with Crippen LogP contribution in [0.25, 0.3) is 0 Å². The lowest BCUT2D eigenvalue weighted by Gasteiger charge is -2.25. The van der Waals surface area contributed by atoms with Crippen LogP contribution in [0.4, 0.5) is 0 Å². The highest BCUT2D eigenvalue weighted by Gasteiger charge is 2.17. The number of hydrogen-bond donors (Lipinski definition) is 0. The third-order valence-electron chi connectivity index (χ3n) is 2.44. The second kappa shape index (κ2) is 5.52. The third kappa shape index (κ3) is 2.95. The number of amides is 1. The molecule has 0 radical (unpaired) electrons. The molecule has 1 atom stereocenters. The average Bonchev–Trinajstić information content (AvgIpc) is 2.26. The average molecular weight is 291 g/mol. The topological polar surface area (TPSA) is 20.3 Å². The van der Waals surface area contributed by atoms with Gasteiger partial charge < -0.3 is 4.90 Å². The SMILES string of the molecule is CC(c1ccccc1Cl)N(C)C(=O)CBr. The van der Waals surface area contributed by atoms with Crippen molar-refractivity contribution in [2.24, 2.45) is 0 Å². The summed E-state index contributed by atoms with van der Waals surface area (Å²) in [6, 6.07) is 7.56. The van der Waals surface area contributed by atoms with E-state index in [4.69, 9.17) is 11.6 Å². The minimum absolute atomic E-state index is 0.0104. The molecule has 0 spiro atoms. The second-order valence-electron chi connectivity index (χ2n) is 3.34. The zero-order chi connectivity index (χ0) is 11.4. The monoisotopic (exact) mass is 289 g/mol. The van der Waals surface area contributed by atoms with Gasteiger partial charge in [-0.1, -0.05) is 45.7 Å². The maximum atomic E-state index is 11.5. The van der Waals surface area contributed by atoms with Crippen molar-refractivity contribution < 1.29 is 4.79 Å². The summed E-state index contributed by atoms with van der Waals surface area (Å²) in [4.78, 5) is 13.2. The lowest BCUT2D eigenvalue weighted by atomic mass is 10.1. The van der Waals surface area contributed by atoms with E-state index in [-0.39, 0.29) is 11.9 Å². The quantitative estimate of drug-likeness (QED) is 0.783. The Morgan fingerprint density at radius 2 is 2.13 bits per heavy atom. The highest BCUT2D eigenvalue weighted by Crippen LogP contribution is 2.26. The van der Waals surface area contributed by atoms with E-state index in [1.165, 1.54) is 0 Å². The summed E-state index contributed by atoms with van der Waals surface area (Å²) in [7, 11) is 1.78. The van der Waals surface area contributed by atoms with Crippen molar-refractivity contribution in [3.05, 3.63) is 34.9 Å². The molecule has 0 bridgehead atoms. The molecule has 1 amide bonds. The Morgan fingerprint density at radius 3 is 2.67 bits per heavy atom. The largest absolute Gasteiger partial charge is 0.338 e. The lowest BCUT2D eigenvalue weighted by molar-refractivity contribution is -0.128. The first-order valence-corrected chi connectivity index (χ1v) is 6.14. The van der Waals surface area contributed by atoms with Gasteiger partial charge in [-0.05, 0) is 18.6 Å². The standard InChI is InChI=1S/C11H13BrClNO/c1-8(14(2)11(15)7-12)9-5-3-4-6-10(9)13/h3-6,8H,7H2,1-2H3. The molecule has 4 heteroatoms. The number of benzene rings is 1. The molecule has 0 heterocycles. The maximum absolute atomic E-state index is 11.5. The van der Waals surface area contributed by atoms with Crippen LogP contribution >= 0.6 is 27.5 Å². The number of carbonyl (C=O) groups excluding carboxylic acids is 1.